The minimum atomic E-state index is -1.98. The number of hydrogen-bond acceptors (Lipinski definition) is 3. The Bertz CT molecular complexity index is 222. The minimum absolute atomic E-state index is 0.454. The largest absolute Gasteiger partial charge is 0.281 e. The van der Waals surface area contributed by atoms with Gasteiger partial charge in [-0.15, -0.1) is 0 Å². The van der Waals surface area contributed by atoms with E-state index >= 15 is 0 Å². The maximum absolute atomic E-state index is 10.3. The fourth-order valence-corrected chi connectivity index (χ4v) is 1.04. The first-order chi connectivity index (χ1) is 3.72. The van der Waals surface area contributed by atoms with Crippen molar-refractivity contribution in [3.63, 3.8) is 0 Å². The van der Waals surface area contributed by atoms with Crippen LogP contribution in [0, 0.1) is 4.61 Å². The van der Waals surface area contributed by atoms with Crippen molar-refractivity contribution >= 4 is 20.8 Å². The summed E-state index contributed by atoms with van der Waals surface area (Å²) < 4.78 is 8.57. The van der Waals surface area contributed by atoms with Crippen LogP contribution >= 0.6 is 10.5 Å². The summed E-state index contributed by atoms with van der Waals surface area (Å²) in [6.45, 7) is 0. The maximum Gasteiger partial charge on any atom is 0.230 e. The van der Waals surface area contributed by atoms with Gasteiger partial charge in [0.05, 0.1) is 10.5 Å². The Balaban J connectivity index is 3.08. The van der Waals surface area contributed by atoms with Crippen molar-refractivity contribution in [2.24, 2.45) is 0 Å². The van der Waals surface area contributed by atoms with Gasteiger partial charge in [-0.1, -0.05) is 0 Å². The van der Waals surface area contributed by atoms with E-state index in [4.69, 9.17) is 4.61 Å². The Kier molecular flexibility index (Phi) is 1.04. The van der Waals surface area contributed by atoms with E-state index in [1.165, 1.54) is 0 Å². The molecule has 0 aliphatic carbocycles. The summed E-state index contributed by atoms with van der Waals surface area (Å²) in [5.41, 5.74) is 0. The molecular formula is C4H3NO2S. The number of hydrogen-bond donors (Lipinski definition) is 1. The van der Waals surface area contributed by atoms with Crippen molar-refractivity contribution in [1.29, 1.82) is 4.61 Å². The predicted octanol–water partition coefficient (Wildman–Crippen LogP) is 0.0900. The molecule has 0 bridgehead atoms. The molecule has 0 aromatic heterocycles. The molecule has 1 heterocycles. The molecule has 1 aliphatic rings. The second-order valence-corrected chi connectivity index (χ2v) is 2.83. The highest BCUT2D eigenvalue weighted by atomic mass is 32.2. The van der Waals surface area contributed by atoms with E-state index in [0.717, 1.165) is 12.2 Å². The van der Waals surface area contributed by atoms with E-state index in [9.17, 15) is 9.59 Å². The summed E-state index contributed by atoms with van der Waals surface area (Å²) in [5, 5.41) is -0.907. The van der Waals surface area contributed by atoms with Gasteiger partial charge in [-0.3, -0.25) is 9.59 Å². The van der Waals surface area contributed by atoms with Gasteiger partial charge in [-0.05, 0) is 12.2 Å². The van der Waals surface area contributed by atoms with Gasteiger partial charge in [0.25, 0.3) is 0 Å². The van der Waals surface area contributed by atoms with E-state index in [-0.39, 0.29) is 0 Å². The van der Waals surface area contributed by atoms with Crippen molar-refractivity contribution < 1.29 is 9.59 Å². The molecule has 0 aromatic rings. The third-order valence-corrected chi connectivity index (χ3v) is 1.92. The maximum atomic E-state index is 10.3. The Morgan fingerprint density at radius 2 is 1.62 bits per heavy atom. The van der Waals surface area contributed by atoms with Gasteiger partial charge < -0.3 is 0 Å². The molecule has 1 aliphatic heterocycles. The van der Waals surface area contributed by atoms with Crippen LogP contribution < -0.4 is 0 Å². The summed E-state index contributed by atoms with van der Waals surface area (Å²) in [6, 6.07) is 0. The average Bonchev–Trinajstić information content (AvgIpc) is 1.98. The fourth-order valence-electron chi connectivity index (χ4n) is 0.392. The summed E-state index contributed by atoms with van der Waals surface area (Å²) in [4.78, 5) is 20.5. The molecule has 0 N–H and O–H groups in total. The van der Waals surface area contributed by atoms with Gasteiger partial charge in [0.15, 0.2) is 0 Å². The van der Waals surface area contributed by atoms with Gasteiger partial charge in [0.1, 0.15) is 0 Å². The minimum Gasteiger partial charge on any atom is -0.281 e. The molecule has 0 saturated heterocycles. The zero-order valence-corrected chi connectivity index (χ0v) is 4.76. The van der Waals surface area contributed by atoms with Gasteiger partial charge in [-0.25, -0.2) is 4.61 Å². The van der Waals surface area contributed by atoms with Gasteiger partial charge >= 0.3 is 0 Å². The highest BCUT2D eigenvalue weighted by molar-refractivity contribution is 8.31. The normalized spacial score (nSPS) is 20.4. The second-order valence-electron chi connectivity index (χ2n) is 1.32. The zero-order valence-electron chi connectivity index (χ0n) is 3.87. The van der Waals surface area contributed by atoms with Crippen molar-refractivity contribution in [3.8, 4) is 0 Å². The lowest BCUT2D eigenvalue weighted by atomic mass is 10.6. The van der Waals surface area contributed by atoms with E-state index in [0.29, 0.717) is 0 Å². The van der Waals surface area contributed by atoms with Crippen LogP contribution in [0.5, 0.6) is 0 Å². The molecule has 0 saturated carbocycles. The van der Waals surface area contributed by atoms with E-state index in [1.807, 2.05) is 0 Å². The van der Waals surface area contributed by atoms with Crippen LogP contribution in [0.2, 0.25) is 0 Å². The van der Waals surface area contributed by atoms with Crippen LogP contribution in [-0.4, -0.2) is 10.2 Å². The van der Waals surface area contributed by atoms with Gasteiger partial charge in [0, 0.05) is 0 Å². The van der Waals surface area contributed by atoms with Crippen molar-refractivity contribution in [2.75, 3.05) is 0 Å². The lowest BCUT2D eigenvalue weighted by Gasteiger charge is -1.76. The van der Waals surface area contributed by atoms with Gasteiger partial charge in [-0.2, -0.15) is 0 Å². The Morgan fingerprint density at radius 3 is 1.75 bits per heavy atom. The molecule has 4 heteroatoms. The molecule has 8 heavy (non-hydrogen) atoms. The number of nitrogens with zero attached hydrogens (tertiary/aromatic N) is 1. The molecule has 0 aromatic carbocycles. The lowest BCUT2D eigenvalue weighted by Crippen LogP contribution is -1.82. The van der Waals surface area contributed by atoms with E-state index in [2.05, 4.69) is 0 Å². The molecule has 0 amide bonds. The molecule has 1 rings (SSSR count). The van der Waals surface area contributed by atoms with Crippen LogP contribution in [0.15, 0.2) is 12.2 Å². The Morgan fingerprint density at radius 1 is 1.25 bits per heavy atom. The molecule has 0 atom stereocenters. The predicted molar refractivity (Wildman–Crippen MR) is 29.9 cm³/mol. The summed E-state index contributed by atoms with van der Waals surface area (Å²) in [7, 11) is -1.98. The third kappa shape index (κ3) is 0.598. The molecule has 3 nitrogen and oxygen atoms in total. The zero-order chi connectivity index (χ0) is 6.15. The summed E-state index contributed by atoms with van der Waals surface area (Å²) >= 11 is 0. The highest BCUT2D eigenvalue weighted by Gasteiger charge is 2.15. The number of thiol groups is 1. The van der Waals surface area contributed by atoms with Crippen molar-refractivity contribution in [1.82, 2.24) is 0 Å². The first kappa shape index (κ1) is 5.28. The molecule has 0 spiro atoms. The number of rotatable bonds is 0. The Labute approximate surface area is 47.9 Å². The smallest absolute Gasteiger partial charge is 0.230 e. The Hall–Kier alpha value is -0.860. The summed E-state index contributed by atoms with van der Waals surface area (Å²) in [5.74, 6) is 0. The van der Waals surface area contributed by atoms with Gasteiger partial charge in [0.2, 0.25) is 10.2 Å². The highest BCUT2D eigenvalue weighted by Crippen LogP contribution is 2.17. The van der Waals surface area contributed by atoms with E-state index < -0.39 is 20.8 Å². The van der Waals surface area contributed by atoms with Crippen molar-refractivity contribution in [2.45, 2.75) is 0 Å². The second kappa shape index (κ2) is 1.58. The first-order valence-corrected chi connectivity index (χ1v) is 3.26. The van der Waals surface area contributed by atoms with Crippen LogP contribution in [0.3, 0.4) is 0 Å². The molecule has 0 unspecified atom stereocenters. The molecule has 42 valence electrons. The van der Waals surface area contributed by atoms with E-state index in [1.54, 1.807) is 0 Å². The first-order valence-electron chi connectivity index (χ1n) is 1.97. The van der Waals surface area contributed by atoms with Crippen molar-refractivity contribution in [3.05, 3.63) is 12.2 Å². The van der Waals surface area contributed by atoms with Crippen LogP contribution in [0.1, 0.15) is 0 Å². The topological polar surface area (TPSA) is 57.9 Å². The van der Waals surface area contributed by atoms with Crippen LogP contribution in [-0.2, 0) is 9.59 Å². The lowest BCUT2D eigenvalue weighted by molar-refractivity contribution is -0.107. The summed E-state index contributed by atoms with van der Waals surface area (Å²) in [6.07, 6.45) is 2.21. The molecular weight excluding hydrogens is 126 g/mol. The number of carbonyl (C=O) groups is 2. The monoisotopic (exact) mass is 129 g/mol. The average molecular weight is 129 g/mol. The quantitative estimate of drug-likeness (QED) is 0.471. The number of carbonyl (C=O) groups excluding carboxylic acids is 2. The molecule has 0 fully saturated rings. The third-order valence-electron chi connectivity index (χ3n) is 0.786. The molecule has 0 radical (unpaired) electrons. The fraction of sp³-hybridized carbons (Fsp3) is 0. The standard InChI is InChI=1S/C4H3NO2S/c5-8-3(6)1-2-4(8)7/h1-2,8H. The van der Waals surface area contributed by atoms with Crippen LogP contribution in [0.25, 0.3) is 0 Å². The van der Waals surface area contributed by atoms with Crippen LogP contribution in [0.4, 0.5) is 0 Å². The SMILES string of the molecule is N#[SH]1C(=O)C=CC1=O.